The zero-order chi connectivity index (χ0) is 51.0. The number of hydrogen-bond donors (Lipinski definition) is 8. The first-order valence-electron chi connectivity index (χ1n) is 16.7. The summed E-state index contributed by atoms with van der Waals surface area (Å²) in [5.74, 6) is -17.5. The molecule has 0 aliphatic rings. The maximum atomic E-state index is 14.4. The summed E-state index contributed by atoms with van der Waals surface area (Å²) in [4.78, 5) is 91.0. The molecule has 16 nitrogen and oxygen atoms in total. The molecular formula is C38H20F12O16. The molecule has 0 amide bonds. The van der Waals surface area contributed by atoms with Crippen LogP contribution < -0.4 is 0 Å². The summed E-state index contributed by atoms with van der Waals surface area (Å²) < 4.78 is 171. The third-order valence-electron chi connectivity index (χ3n) is 9.35. The second-order valence-corrected chi connectivity index (χ2v) is 12.9. The summed E-state index contributed by atoms with van der Waals surface area (Å²) in [5, 5.41) is 73.2. The van der Waals surface area contributed by atoms with E-state index in [1.807, 2.05) is 0 Å². The summed E-state index contributed by atoms with van der Waals surface area (Å²) in [6.07, 6.45) is -25.6. The second kappa shape index (κ2) is 17.8. The first kappa shape index (κ1) is 52.1. The number of carboxylic acid groups (broad SMARTS) is 8. The summed E-state index contributed by atoms with van der Waals surface area (Å²) in [5.41, 5.74) is -30.0. The Morgan fingerprint density at radius 1 is 0.303 bits per heavy atom. The highest BCUT2D eigenvalue weighted by molar-refractivity contribution is 6.06. The lowest BCUT2D eigenvalue weighted by molar-refractivity contribution is -0.290. The molecule has 0 fully saturated rings. The van der Waals surface area contributed by atoms with E-state index in [1.54, 1.807) is 0 Å². The number of carboxylic acids is 8. The van der Waals surface area contributed by atoms with Crippen LogP contribution in [0.1, 0.15) is 105 Å². The van der Waals surface area contributed by atoms with Gasteiger partial charge in [-0.05, 0) is 58.7 Å². The molecule has 4 aromatic rings. The lowest BCUT2D eigenvalue weighted by Gasteiger charge is -2.40. The van der Waals surface area contributed by atoms with E-state index >= 15 is 0 Å². The molecule has 0 spiro atoms. The molecule has 0 aliphatic heterocycles. The standard InChI is InChI=1S/2C19H10F6O8/c20-18(21,22)17(19(23,24)25,7-1-3-9(13(26)27)11(5-7)15(30)31)8-2-4-10(14(28)29)12(6-8)16(32)33;20-18(21,22)17(19(23,24)25,9-5-1-3-7(13(26)27)11(9)15(30)31)10-6-2-4-8(14(28)29)12(10)16(32)33/h2*1-6H,(H,26,27)(H,28,29)(H,30,31)(H,32,33). The fourth-order valence-electron chi connectivity index (χ4n) is 6.73. The summed E-state index contributed by atoms with van der Waals surface area (Å²) in [6.45, 7) is 0. The molecule has 8 N–H and O–H groups in total. The van der Waals surface area contributed by atoms with Crippen LogP contribution in [0.2, 0.25) is 0 Å². The van der Waals surface area contributed by atoms with Gasteiger partial charge in [0.15, 0.2) is 0 Å². The molecule has 0 radical (unpaired) electrons. The summed E-state index contributed by atoms with van der Waals surface area (Å²) in [7, 11) is 0. The first-order chi connectivity index (χ1) is 30.0. The Morgan fingerprint density at radius 2 is 0.561 bits per heavy atom. The van der Waals surface area contributed by atoms with Crippen LogP contribution in [0.3, 0.4) is 0 Å². The third kappa shape index (κ3) is 8.82. The molecule has 0 atom stereocenters. The van der Waals surface area contributed by atoms with Crippen LogP contribution in [0.25, 0.3) is 0 Å². The van der Waals surface area contributed by atoms with Crippen LogP contribution in [-0.2, 0) is 10.8 Å². The van der Waals surface area contributed by atoms with Crippen molar-refractivity contribution in [2.75, 3.05) is 0 Å². The minimum atomic E-state index is -6.52. The Bertz CT molecular complexity index is 2510. The largest absolute Gasteiger partial charge is 0.478 e. The topological polar surface area (TPSA) is 298 Å². The number of benzene rings is 4. The van der Waals surface area contributed by atoms with Gasteiger partial charge in [0.1, 0.15) is 0 Å². The Hall–Kier alpha value is -8.20. The average Bonchev–Trinajstić information content (AvgIpc) is 3.15. The van der Waals surface area contributed by atoms with E-state index in [4.69, 9.17) is 30.6 Å². The van der Waals surface area contributed by atoms with Crippen molar-refractivity contribution in [3.63, 3.8) is 0 Å². The van der Waals surface area contributed by atoms with Crippen molar-refractivity contribution >= 4 is 47.8 Å². The Labute approximate surface area is 354 Å². The third-order valence-corrected chi connectivity index (χ3v) is 9.35. The van der Waals surface area contributed by atoms with Gasteiger partial charge in [-0.2, -0.15) is 52.7 Å². The zero-order valence-corrected chi connectivity index (χ0v) is 31.3. The highest BCUT2D eigenvalue weighted by Crippen LogP contribution is 2.59. The number of halogens is 12. The first-order valence-corrected chi connectivity index (χ1v) is 16.7. The Morgan fingerprint density at radius 3 is 0.773 bits per heavy atom. The van der Waals surface area contributed by atoms with E-state index in [0.717, 1.165) is 0 Å². The van der Waals surface area contributed by atoms with Crippen molar-refractivity contribution in [3.05, 3.63) is 140 Å². The molecule has 352 valence electrons. The molecule has 0 aliphatic carbocycles. The van der Waals surface area contributed by atoms with E-state index in [-0.39, 0.29) is 48.5 Å². The van der Waals surface area contributed by atoms with E-state index < -0.39 is 150 Å². The lowest BCUT2D eigenvalue weighted by Crippen LogP contribution is -2.56. The van der Waals surface area contributed by atoms with Crippen molar-refractivity contribution in [1.29, 1.82) is 0 Å². The Balaban J connectivity index is 0.000000350. The Kier molecular flexibility index (Phi) is 14.0. The van der Waals surface area contributed by atoms with Gasteiger partial charge >= 0.3 is 72.5 Å². The highest BCUT2D eigenvalue weighted by Gasteiger charge is 2.75. The number of rotatable bonds is 12. The van der Waals surface area contributed by atoms with Crippen molar-refractivity contribution < 1.29 is 132 Å². The molecule has 0 aromatic heterocycles. The fourth-order valence-corrected chi connectivity index (χ4v) is 6.73. The zero-order valence-electron chi connectivity index (χ0n) is 31.3. The van der Waals surface area contributed by atoms with Crippen LogP contribution in [0.5, 0.6) is 0 Å². The number of hydrogen-bond acceptors (Lipinski definition) is 8. The number of carbonyl (C=O) groups is 8. The number of aromatic carboxylic acids is 8. The van der Waals surface area contributed by atoms with Gasteiger partial charge in [-0.15, -0.1) is 0 Å². The molecule has 66 heavy (non-hydrogen) atoms. The highest BCUT2D eigenvalue weighted by atomic mass is 19.4. The minimum Gasteiger partial charge on any atom is -0.478 e. The van der Waals surface area contributed by atoms with E-state index in [1.165, 1.54) is 0 Å². The van der Waals surface area contributed by atoms with Gasteiger partial charge in [0.25, 0.3) is 0 Å². The molecule has 0 heterocycles. The molecule has 0 unspecified atom stereocenters. The van der Waals surface area contributed by atoms with Gasteiger partial charge < -0.3 is 40.9 Å². The molecule has 0 saturated heterocycles. The normalized spacial score (nSPS) is 12.3. The molecular weight excluding hydrogens is 940 g/mol. The van der Waals surface area contributed by atoms with Crippen molar-refractivity contribution in [2.45, 2.75) is 35.5 Å². The van der Waals surface area contributed by atoms with Gasteiger partial charge in [0.2, 0.25) is 10.8 Å². The van der Waals surface area contributed by atoms with E-state index in [0.29, 0.717) is 24.3 Å². The maximum absolute atomic E-state index is 14.4. The molecule has 0 saturated carbocycles. The van der Waals surface area contributed by atoms with Gasteiger partial charge in [0.05, 0.1) is 44.5 Å². The minimum absolute atomic E-state index is 0.0376. The van der Waals surface area contributed by atoms with Gasteiger partial charge in [0, 0.05) is 0 Å². The van der Waals surface area contributed by atoms with Crippen LogP contribution in [0.15, 0.2) is 72.8 Å². The van der Waals surface area contributed by atoms with Gasteiger partial charge in [-0.3, -0.25) is 0 Å². The van der Waals surface area contributed by atoms with Gasteiger partial charge in [-0.25, -0.2) is 38.4 Å². The maximum Gasteiger partial charge on any atom is 0.411 e. The summed E-state index contributed by atoms with van der Waals surface area (Å²) >= 11 is 0. The van der Waals surface area contributed by atoms with Crippen LogP contribution in [-0.4, -0.2) is 113 Å². The van der Waals surface area contributed by atoms with E-state index in [9.17, 15) is 101 Å². The molecule has 4 rings (SSSR count). The molecule has 4 aromatic carbocycles. The van der Waals surface area contributed by atoms with Crippen molar-refractivity contribution in [2.24, 2.45) is 0 Å². The smallest absolute Gasteiger partial charge is 0.411 e. The van der Waals surface area contributed by atoms with Crippen LogP contribution in [0, 0.1) is 0 Å². The predicted octanol–water partition coefficient (Wildman–Crippen LogP) is 7.78. The van der Waals surface area contributed by atoms with Crippen molar-refractivity contribution in [3.8, 4) is 0 Å². The SMILES string of the molecule is O=C(O)c1ccc(C(c2ccc(C(=O)O)c(C(=O)O)c2)(C(F)(F)F)C(F)(F)F)cc1C(=O)O.O=C(O)c1cccc(C(c2cccc(C(=O)O)c2C(=O)O)(C(F)(F)F)C(F)(F)F)c1C(=O)O. The predicted molar refractivity (Wildman–Crippen MR) is 187 cm³/mol. The molecule has 28 heteroatoms. The quantitative estimate of drug-likeness (QED) is 0.0629. The van der Waals surface area contributed by atoms with E-state index in [2.05, 4.69) is 0 Å². The van der Waals surface area contributed by atoms with Gasteiger partial charge in [-0.1, -0.05) is 36.4 Å². The second-order valence-electron chi connectivity index (χ2n) is 12.9. The monoisotopic (exact) mass is 960 g/mol. The summed E-state index contributed by atoms with van der Waals surface area (Å²) in [6, 6.07) is 2.20. The van der Waals surface area contributed by atoms with Crippen molar-refractivity contribution in [1.82, 2.24) is 0 Å². The average molecular weight is 961 g/mol. The molecule has 0 bridgehead atoms. The lowest BCUT2D eigenvalue weighted by atomic mass is 9.68. The van der Waals surface area contributed by atoms with Crippen LogP contribution >= 0.6 is 0 Å². The number of alkyl halides is 12. The fraction of sp³-hybridized carbons (Fsp3) is 0.158. The van der Waals surface area contributed by atoms with Crippen LogP contribution in [0.4, 0.5) is 52.7 Å².